The summed E-state index contributed by atoms with van der Waals surface area (Å²) in [4.78, 5) is 9.94. The average Bonchev–Trinajstić information content (AvgIpc) is 2.78. The van der Waals surface area contributed by atoms with Crippen LogP contribution in [0, 0.1) is 0 Å². The molecule has 1 atom stereocenters. The van der Waals surface area contributed by atoms with Crippen molar-refractivity contribution < 1.29 is 10.2 Å². The molecule has 0 bridgehead atoms. The molecular weight excluding hydrogens is 420 g/mol. The Bertz CT molecular complexity index is 1270. The maximum atomic E-state index is 10.6. The van der Waals surface area contributed by atoms with Gasteiger partial charge in [-0.15, -0.1) is 0 Å². The lowest BCUT2D eigenvalue weighted by atomic mass is 9.84. The van der Waals surface area contributed by atoms with E-state index < -0.39 is 6.10 Å². The van der Waals surface area contributed by atoms with E-state index in [1.807, 2.05) is 42.5 Å². The fraction of sp³-hybridized carbons (Fsp3) is 0.333. The summed E-state index contributed by atoms with van der Waals surface area (Å²) in [6.07, 6.45) is 5.89. The molecule has 1 aliphatic rings. The van der Waals surface area contributed by atoms with E-state index in [1.54, 1.807) is 6.07 Å². The molecule has 176 valence electrons. The summed E-state index contributed by atoms with van der Waals surface area (Å²) in [5, 5.41) is 21.2. The highest BCUT2D eigenvalue weighted by molar-refractivity contribution is 5.74. The topological polar surface area (TPSA) is 66.2 Å². The number of benzene rings is 1. The zero-order valence-electron chi connectivity index (χ0n) is 20.9. The number of phenolic OH excluding ortho intramolecular Hbond substituents is 1. The Balaban J connectivity index is 1.97. The van der Waals surface area contributed by atoms with Crippen molar-refractivity contribution in [3.05, 3.63) is 83.6 Å². The number of pyridine rings is 2. The van der Waals surface area contributed by atoms with Crippen LogP contribution in [0.3, 0.4) is 0 Å². The van der Waals surface area contributed by atoms with Gasteiger partial charge in [0.15, 0.2) is 0 Å². The van der Waals surface area contributed by atoms with E-state index in [0.29, 0.717) is 17.7 Å². The minimum Gasteiger partial charge on any atom is -0.507 e. The highest BCUT2D eigenvalue weighted by Crippen LogP contribution is 2.36. The lowest BCUT2D eigenvalue weighted by Crippen LogP contribution is -2.16. The summed E-state index contributed by atoms with van der Waals surface area (Å²) in [6.45, 7) is 13.0. The molecule has 0 amide bonds. The molecule has 34 heavy (non-hydrogen) atoms. The third kappa shape index (κ3) is 4.97. The van der Waals surface area contributed by atoms with Crippen LogP contribution in [0.4, 0.5) is 0 Å². The van der Waals surface area contributed by atoms with Crippen LogP contribution in [0.15, 0.2) is 66.8 Å². The number of aliphatic hydroxyl groups excluding tert-OH is 1. The van der Waals surface area contributed by atoms with Gasteiger partial charge in [-0.2, -0.15) is 0 Å². The second kappa shape index (κ2) is 8.84. The molecule has 1 unspecified atom stereocenters. The van der Waals surface area contributed by atoms with E-state index >= 15 is 0 Å². The fourth-order valence-electron chi connectivity index (χ4n) is 4.04. The van der Waals surface area contributed by atoms with Gasteiger partial charge in [0.1, 0.15) is 5.75 Å². The molecule has 2 aromatic heterocycles. The highest BCUT2D eigenvalue weighted by Gasteiger charge is 2.23. The summed E-state index contributed by atoms with van der Waals surface area (Å²) in [7, 11) is 0. The Morgan fingerprint density at radius 3 is 1.85 bits per heavy atom. The maximum Gasteiger partial charge on any atom is 0.124 e. The number of nitrogens with zero attached hydrogens (tertiary/aromatic N) is 2. The average molecular weight is 455 g/mol. The molecule has 0 aliphatic heterocycles. The number of para-hydroxylation sites is 1. The van der Waals surface area contributed by atoms with Gasteiger partial charge in [0.2, 0.25) is 0 Å². The van der Waals surface area contributed by atoms with Gasteiger partial charge in [-0.1, -0.05) is 71.9 Å². The Hall–Kier alpha value is -3.24. The van der Waals surface area contributed by atoms with Gasteiger partial charge in [-0.3, -0.25) is 0 Å². The molecule has 2 heterocycles. The van der Waals surface area contributed by atoms with E-state index in [0.717, 1.165) is 33.8 Å². The first-order valence-electron chi connectivity index (χ1n) is 11.8. The SMILES string of the molecule is CC(C)(C)c1cc(C2=CC=CCC2O)nc(-c2cc(C(C)(C)C)cc(-c3ccccc3O)n2)c1. The number of hydrogen-bond donors (Lipinski definition) is 2. The Labute approximate surface area is 202 Å². The monoisotopic (exact) mass is 454 g/mol. The van der Waals surface area contributed by atoms with Gasteiger partial charge < -0.3 is 10.2 Å². The van der Waals surface area contributed by atoms with Crippen LogP contribution in [0.1, 0.15) is 64.8 Å². The third-order valence-electron chi connectivity index (χ3n) is 6.25. The largest absolute Gasteiger partial charge is 0.507 e. The van der Waals surface area contributed by atoms with Gasteiger partial charge >= 0.3 is 0 Å². The van der Waals surface area contributed by atoms with Crippen molar-refractivity contribution in [2.45, 2.75) is 64.9 Å². The maximum absolute atomic E-state index is 10.6. The molecule has 0 spiro atoms. The molecule has 4 heteroatoms. The molecule has 0 saturated carbocycles. The first-order chi connectivity index (χ1) is 15.9. The zero-order chi connectivity index (χ0) is 24.7. The summed E-state index contributed by atoms with van der Waals surface area (Å²) in [6, 6.07) is 15.6. The number of phenols is 1. The fourth-order valence-corrected chi connectivity index (χ4v) is 4.04. The van der Waals surface area contributed by atoms with Crippen molar-refractivity contribution in [1.82, 2.24) is 9.97 Å². The van der Waals surface area contributed by atoms with Crippen molar-refractivity contribution in [2.24, 2.45) is 0 Å². The zero-order valence-corrected chi connectivity index (χ0v) is 20.9. The number of aromatic nitrogens is 2. The minimum absolute atomic E-state index is 0.107. The molecule has 1 aliphatic carbocycles. The molecular formula is C30H34N2O2. The molecule has 0 fully saturated rings. The summed E-state index contributed by atoms with van der Waals surface area (Å²) < 4.78 is 0. The second-order valence-corrected chi connectivity index (χ2v) is 11.1. The lowest BCUT2D eigenvalue weighted by molar-refractivity contribution is 0.234. The van der Waals surface area contributed by atoms with Crippen LogP contribution in [-0.4, -0.2) is 26.3 Å². The molecule has 4 nitrogen and oxygen atoms in total. The Morgan fingerprint density at radius 1 is 0.765 bits per heavy atom. The van der Waals surface area contributed by atoms with E-state index in [4.69, 9.17) is 9.97 Å². The predicted octanol–water partition coefficient (Wildman–Crippen LogP) is 6.82. The summed E-state index contributed by atoms with van der Waals surface area (Å²) in [5.74, 6) is 0.200. The van der Waals surface area contributed by atoms with E-state index in [1.165, 1.54) is 0 Å². The highest BCUT2D eigenvalue weighted by atomic mass is 16.3. The van der Waals surface area contributed by atoms with Crippen LogP contribution in [0.25, 0.3) is 28.2 Å². The van der Waals surface area contributed by atoms with Crippen molar-refractivity contribution in [1.29, 1.82) is 0 Å². The number of rotatable bonds is 3. The van der Waals surface area contributed by atoms with Gasteiger partial charge in [0.05, 0.1) is 28.9 Å². The van der Waals surface area contributed by atoms with Crippen LogP contribution in [-0.2, 0) is 10.8 Å². The van der Waals surface area contributed by atoms with Crippen LogP contribution < -0.4 is 0 Å². The molecule has 3 aromatic rings. The van der Waals surface area contributed by atoms with Crippen LogP contribution in [0.5, 0.6) is 5.75 Å². The molecule has 0 saturated heterocycles. The number of allylic oxidation sites excluding steroid dienone is 2. The Kier molecular flexibility index (Phi) is 6.22. The van der Waals surface area contributed by atoms with Crippen LogP contribution in [0.2, 0.25) is 0 Å². The smallest absolute Gasteiger partial charge is 0.124 e. The normalized spacial score (nSPS) is 16.4. The molecule has 2 N–H and O–H groups in total. The molecule has 0 radical (unpaired) electrons. The number of aliphatic hydroxyl groups is 1. The quantitative estimate of drug-likeness (QED) is 0.456. The van der Waals surface area contributed by atoms with Crippen molar-refractivity contribution >= 4 is 5.57 Å². The number of hydrogen-bond acceptors (Lipinski definition) is 4. The van der Waals surface area contributed by atoms with E-state index in [2.05, 4.69) is 59.7 Å². The first-order valence-corrected chi connectivity index (χ1v) is 11.8. The first kappa shape index (κ1) is 23.9. The van der Waals surface area contributed by atoms with E-state index in [9.17, 15) is 10.2 Å². The summed E-state index contributed by atoms with van der Waals surface area (Å²) >= 11 is 0. The van der Waals surface area contributed by atoms with Crippen molar-refractivity contribution in [2.75, 3.05) is 0 Å². The predicted molar refractivity (Wildman–Crippen MR) is 140 cm³/mol. The van der Waals surface area contributed by atoms with Gasteiger partial charge in [-0.25, -0.2) is 9.97 Å². The number of aromatic hydroxyl groups is 1. The van der Waals surface area contributed by atoms with Gasteiger partial charge in [0.25, 0.3) is 0 Å². The molecule has 1 aromatic carbocycles. The van der Waals surface area contributed by atoms with Crippen LogP contribution >= 0.6 is 0 Å². The lowest BCUT2D eigenvalue weighted by Gasteiger charge is -2.24. The van der Waals surface area contributed by atoms with E-state index in [-0.39, 0.29) is 16.6 Å². The standard InChI is InChI=1S/C30H34N2O2/c1-29(2,3)19-15-23(21-11-7-9-13-27(21)33)31-25(17-19)26-18-20(30(4,5)6)16-24(32-26)22-12-8-10-14-28(22)34/h7-13,15-18,28,33-34H,14H2,1-6H3. The van der Waals surface area contributed by atoms with Gasteiger partial charge in [0, 0.05) is 11.1 Å². The third-order valence-corrected chi connectivity index (χ3v) is 6.25. The summed E-state index contributed by atoms with van der Waals surface area (Å²) in [5.41, 5.74) is 6.52. The van der Waals surface area contributed by atoms with Crippen molar-refractivity contribution in [3.63, 3.8) is 0 Å². The van der Waals surface area contributed by atoms with Crippen molar-refractivity contribution in [3.8, 4) is 28.4 Å². The Morgan fingerprint density at radius 2 is 1.29 bits per heavy atom. The minimum atomic E-state index is -0.578. The second-order valence-electron chi connectivity index (χ2n) is 11.1. The molecule has 4 rings (SSSR count). The van der Waals surface area contributed by atoms with Gasteiger partial charge in [-0.05, 0) is 64.8 Å².